The van der Waals surface area contributed by atoms with E-state index in [-0.39, 0.29) is 0 Å². The molecule has 0 bridgehead atoms. The zero-order valence-corrected chi connectivity index (χ0v) is 13.4. The Kier molecular flexibility index (Phi) is 4.26. The number of benzene rings is 1. The van der Waals surface area contributed by atoms with Crippen molar-refractivity contribution in [1.29, 1.82) is 0 Å². The molecule has 20 heavy (non-hydrogen) atoms. The first-order chi connectivity index (χ1) is 9.49. The van der Waals surface area contributed by atoms with Crippen LogP contribution in [0.4, 0.5) is 0 Å². The fraction of sp³-hybridized carbons (Fsp3) is 0.235. The molecule has 1 aromatic carbocycles. The average Bonchev–Trinajstić information content (AvgIpc) is 2.45. The van der Waals surface area contributed by atoms with E-state index in [9.17, 15) is 0 Å². The molecule has 0 saturated heterocycles. The van der Waals surface area contributed by atoms with Gasteiger partial charge in [-0.15, -0.1) is 5.54 Å². The van der Waals surface area contributed by atoms with Gasteiger partial charge in [-0.2, -0.15) is 0 Å². The maximum absolute atomic E-state index is 5.18. The fourth-order valence-corrected chi connectivity index (χ4v) is 2.25. The van der Waals surface area contributed by atoms with Crippen LogP contribution in [-0.4, -0.2) is 20.2 Å². The Morgan fingerprint density at radius 3 is 2.35 bits per heavy atom. The highest BCUT2D eigenvalue weighted by atomic mass is 28.3. The van der Waals surface area contributed by atoms with Gasteiger partial charge < -0.3 is 4.74 Å². The van der Waals surface area contributed by atoms with Gasteiger partial charge in [0.05, 0.1) is 18.4 Å². The Morgan fingerprint density at radius 1 is 1.05 bits per heavy atom. The third kappa shape index (κ3) is 3.72. The van der Waals surface area contributed by atoms with Crippen LogP contribution in [0.3, 0.4) is 0 Å². The normalized spacial score (nSPS) is 10.6. The fourth-order valence-electron chi connectivity index (χ4n) is 1.74. The summed E-state index contributed by atoms with van der Waals surface area (Å²) in [7, 11) is 0.280. The minimum Gasteiger partial charge on any atom is -0.497 e. The number of rotatable bonds is 2. The number of ether oxygens (including phenoxy) is 1. The van der Waals surface area contributed by atoms with Gasteiger partial charge in [0.1, 0.15) is 13.8 Å². The van der Waals surface area contributed by atoms with Crippen molar-refractivity contribution in [2.75, 3.05) is 7.11 Å². The SMILES string of the molecule is COc1ccc(-c2ncccc2C#C[Si](C)(C)C)cc1. The van der Waals surface area contributed by atoms with Gasteiger partial charge >= 0.3 is 0 Å². The number of hydrogen-bond acceptors (Lipinski definition) is 2. The summed E-state index contributed by atoms with van der Waals surface area (Å²) in [6.07, 6.45) is 1.80. The zero-order chi connectivity index (χ0) is 14.6. The molecule has 3 heteroatoms. The number of nitrogens with zero attached hydrogens (tertiary/aromatic N) is 1. The van der Waals surface area contributed by atoms with Gasteiger partial charge in [-0.25, -0.2) is 0 Å². The van der Waals surface area contributed by atoms with Crippen molar-refractivity contribution in [3.8, 4) is 28.5 Å². The highest BCUT2D eigenvalue weighted by Gasteiger charge is 2.09. The van der Waals surface area contributed by atoms with E-state index in [4.69, 9.17) is 4.74 Å². The molecule has 0 aliphatic rings. The first-order valence-electron chi connectivity index (χ1n) is 6.62. The molecule has 0 amide bonds. The second kappa shape index (κ2) is 5.94. The van der Waals surface area contributed by atoms with E-state index >= 15 is 0 Å². The smallest absolute Gasteiger partial charge is 0.129 e. The zero-order valence-electron chi connectivity index (χ0n) is 12.4. The Hall–Kier alpha value is -2.05. The maximum Gasteiger partial charge on any atom is 0.129 e. The van der Waals surface area contributed by atoms with Gasteiger partial charge in [0.15, 0.2) is 0 Å². The summed E-state index contributed by atoms with van der Waals surface area (Å²) in [5.74, 6) is 4.14. The predicted octanol–water partition coefficient (Wildman–Crippen LogP) is 3.99. The van der Waals surface area contributed by atoms with Crippen LogP contribution in [0.1, 0.15) is 5.56 Å². The summed E-state index contributed by atoms with van der Waals surface area (Å²) in [6, 6.07) is 11.9. The standard InChI is InChI=1S/C17H19NOSi/c1-19-16-9-7-15(8-10-16)17-14(6-5-12-18-17)11-13-20(2,3)4/h5-10,12H,1-4H3. The quantitative estimate of drug-likeness (QED) is 0.613. The minimum absolute atomic E-state index is 0.847. The van der Waals surface area contributed by atoms with Gasteiger partial charge in [-0.05, 0) is 36.4 Å². The van der Waals surface area contributed by atoms with Crippen molar-refractivity contribution in [3.05, 3.63) is 48.2 Å². The van der Waals surface area contributed by atoms with Crippen LogP contribution in [0.25, 0.3) is 11.3 Å². The van der Waals surface area contributed by atoms with Crippen LogP contribution < -0.4 is 4.74 Å². The van der Waals surface area contributed by atoms with Crippen LogP contribution in [0.2, 0.25) is 19.6 Å². The molecule has 2 rings (SSSR count). The third-order valence-corrected chi connectivity index (χ3v) is 3.62. The molecule has 0 fully saturated rings. The van der Waals surface area contributed by atoms with Gasteiger partial charge in [-0.1, -0.05) is 25.6 Å². The lowest BCUT2D eigenvalue weighted by molar-refractivity contribution is 0.415. The molecule has 0 aliphatic heterocycles. The van der Waals surface area contributed by atoms with Crippen molar-refractivity contribution in [2.24, 2.45) is 0 Å². The van der Waals surface area contributed by atoms with Crippen LogP contribution in [0.5, 0.6) is 5.75 Å². The lowest BCUT2D eigenvalue weighted by Gasteiger charge is -2.07. The Balaban J connectivity index is 2.43. The minimum atomic E-state index is -1.39. The molecule has 0 atom stereocenters. The largest absolute Gasteiger partial charge is 0.497 e. The number of pyridine rings is 1. The van der Waals surface area contributed by atoms with Crippen molar-refractivity contribution in [2.45, 2.75) is 19.6 Å². The highest BCUT2D eigenvalue weighted by molar-refractivity contribution is 6.83. The number of methoxy groups -OCH3 is 1. The molecule has 0 saturated carbocycles. The Morgan fingerprint density at radius 2 is 1.75 bits per heavy atom. The number of hydrogen-bond donors (Lipinski definition) is 0. The van der Waals surface area contributed by atoms with Gasteiger partial charge in [0.2, 0.25) is 0 Å². The van der Waals surface area contributed by atoms with Crippen LogP contribution >= 0.6 is 0 Å². The monoisotopic (exact) mass is 281 g/mol. The van der Waals surface area contributed by atoms with E-state index in [1.165, 1.54) is 0 Å². The van der Waals surface area contributed by atoms with E-state index < -0.39 is 8.07 Å². The molecule has 2 aromatic rings. The van der Waals surface area contributed by atoms with Crippen molar-refractivity contribution in [3.63, 3.8) is 0 Å². The van der Waals surface area contributed by atoms with E-state index in [0.717, 1.165) is 22.6 Å². The lowest BCUT2D eigenvalue weighted by Crippen LogP contribution is -2.16. The average molecular weight is 281 g/mol. The van der Waals surface area contributed by atoms with Crippen LogP contribution in [0.15, 0.2) is 42.6 Å². The molecular weight excluding hydrogens is 262 g/mol. The first kappa shape index (κ1) is 14.4. The predicted molar refractivity (Wildman–Crippen MR) is 86.4 cm³/mol. The Bertz CT molecular complexity index is 645. The second-order valence-electron chi connectivity index (χ2n) is 5.63. The second-order valence-corrected chi connectivity index (χ2v) is 10.4. The molecule has 0 unspecified atom stereocenters. The van der Waals surface area contributed by atoms with Gasteiger partial charge in [0, 0.05) is 11.8 Å². The molecule has 2 nitrogen and oxygen atoms in total. The van der Waals surface area contributed by atoms with E-state index in [2.05, 4.69) is 36.1 Å². The van der Waals surface area contributed by atoms with Crippen molar-refractivity contribution < 1.29 is 4.74 Å². The molecule has 0 radical (unpaired) electrons. The summed E-state index contributed by atoms with van der Waals surface area (Å²) in [5.41, 5.74) is 6.37. The first-order valence-corrected chi connectivity index (χ1v) is 10.1. The summed E-state index contributed by atoms with van der Waals surface area (Å²) >= 11 is 0. The van der Waals surface area contributed by atoms with Gasteiger partial charge in [-0.3, -0.25) is 4.98 Å². The molecular formula is C17H19NOSi. The summed E-state index contributed by atoms with van der Waals surface area (Å²) < 4.78 is 5.18. The maximum atomic E-state index is 5.18. The topological polar surface area (TPSA) is 22.1 Å². The van der Waals surface area contributed by atoms with E-state index in [1.807, 2.05) is 36.4 Å². The van der Waals surface area contributed by atoms with Crippen LogP contribution in [0, 0.1) is 11.5 Å². The summed E-state index contributed by atoms with van der Waals surface area (Å²) in [6.45, 7) is 6.72. The lowest BCUT2D eigenvalue weighted by atomic mass is 10.1. The summed E-state index contributed by atoms with van der Waals surface area (Å²) in [4.78, 5) is 4.48. The van der Waals surface area contributed by atoms with Gasteiger partial charge in [0.25, 0.3) is 0 Å². The van der Waals surface area contributed by atoms with Crippen LogP contribution in [-0.2, 0) is 0 Å². The molecule has 1 aromatic heterocycles. The molecule has 102 valence electrons. The molecule has 0 aliphatic carbocycles. The van der Waals surface area contributed by atoms with Crippen molar-refractivity contribution >= 4 is 8.07 Å². The van der Waals surface area contributed by atoms with E-state index in [1.54, 1.807) is 13.3 Å². The number of aromatic nitrogens is 1. The molecule has 1 heterocycles. The van der Waals surface area contributed by atoms with Crippen molar-refractivity contribution in [1.82, 2.24) is 4.98 Å². The molecule has 0 N–H and O–H groups in total. The highest BCUT2D eigenvalue weighted by Crippen LogP contribution is 2.23. The molecule has 0 spiro atoms. The van der Waals surface area contributed by atoms with E-state index in [0.29, 0.717) is 0 Å². The Labute approximate surface area is 121 Å². The third-order valence-electron chi connectivity index (χ3n) is 2.74. The summed E-state index contributed by atoms with van der Waals surface area (Å²) in [5, 5.41) is 0.